The van der Waals surface area contributed by atoms with Gasteiger partial charge in [0.05, 0.1) is 5.52 Å². The molecule has 1 saturated heterocycles. The molecular weight excluding hydrogens is 346 g/mol. The maximum absolute atomic E-state index is 12.8. The molecule has 0 aliphatic carbocycles. The van der Waals surface area contributed by atoms with Crippen LogP contribution in [0.25, 0.3) is 17.0 Å². The quantitative estimate of drug-likeness (QED) is 0.594. The average Bonchev–Trinajstić information content (AvgIpc) is 3.09. The molecule has 28 heavy (non-hydrogen) atoms. The van der Waals surface area contributed by atoms with Crippen LogP contribution in [0.2, 0.25) is 0 Å². The van der Waals surface area contributed by atoms with Crippen molar-refractivity contribution >= 4 is 22.8 Å². The highest BCUT2D eigenvalue weighted by Crippen LogP contribution is 2.21. The number of ketones is 1. The second-order valence-corrected chi connectivity index (χ2v) is 7.64. The topological polar surface area (TPSA) is 38.1 Å². The maximum atomic E-state index is 12.8. The molecule has 1 aliphatic rings. The van der Waals surface area contributed by atoms with Crippen molar-refractivity contribution < 1.29 is 4.79 Å². The van der Waals surface area contributed by atoms with E-state index in [0.717, 1.165) is 30.5 Å². The molecule has 0 spiro atoms. The second-order valence-electron chi connectivity index (χ2n) is 7.64. The summed E-state index contributed by atoms with van der Waals surface area (Å²) in [7, 11) is 1.90. The van der Waals surface area contributed by atoms with E-state index in [2.05, 4.69) is 46.4 Å². The molecule has 0 N–H and O–H groups in total. The van der Waals surface area contributed by atoms with E-state index in [1.54, 1.807) is 4.68 Å². The minimum absolute atomic E-state index is 0.138. The maximum Gasteiger partial charge on any atom is 0.184 e. The molecule has 3 aromatic rings. The van der Waals surface area contributed by atoms with Gasteiger partial charge >= 0.3 is 0 Å². The molecule has 1 aromatic heterocycles. The van der Waals surface area contributed by atoms with Crippen LogP contribution in [-0.2, 0) is 7.05 Å². The lowest BCUT2D eigenvalue weighted by molar-refractivity contribution is 0.0948. The lowest BCUT2D eigenvalue weighted by Crippen LogP contribution is -2.36. The summed E-state index contributed by atoms with van der Waals surface area (Å²) in [6, 6.07) is 18.4. The Hall–Kier alpha value is -2.72. The van der Waals surface area contributed by atoms with Crippen LogP contribution in [-0.4, -0.2) is 40.1 Å². The minimum atomic E-state index is 0.138. The fourth-order valence-corrected chi connectivity index (χ4v) is 4.06. The van der Waals surface area contributed by atoms with Crippen LogP contribution in [0, 0.1) is 5.92 Å². The van der Waals surface area contributed by atoms with Gasteiger partial charge < -0.3 is 4.90 Å². The fourth-order valence-electron chi connectivity index (χ4n) is 4.06. The van der Waals surface area contributed by atoms with Gasteiger partial charge in [-0.25, -0.2) is 0 Å². The van der Waals surface area contributed by atoms with Gasteiger partial charge in [-0.1, -0.05) is 60.7 Å². The summed E-state index contributed by atoms with van der Waals surface area (Å²) >= 11 is 0. The number of likely N-dealkylation sites (tertiary alicyclic amines) is 1. The Morgan fingerprint density at radius 3 is 2.79 bits per heavy atom. The van der Waals surface area contributed by atoms with Gasteiger partial charge in [-0.15, -0.1) is 0 Å². The molecule has 0 bridgehead atoms. The van der Waals surface area contributed by atoms with Crippen LogP contribution in [0.5, 0.6) is 0 Å². The lowest BCUT2D eigenvalue weighted by Gasteiger charge is -2.31. The molecule has 1 unspecified atom stereocenters. The van der Waals surface area contributed by atoms with Crippen LogP contribution >= 0.6 is 0 Å². The fraction of sp³-hybridized carbons (Fsp3) is 0.333. The Morgan fingerprint density at radius 2 is 1.93 bits per heavy atom. The van der Waals surface area contributed by atoms with Crippen molar-refractivity contribution in [3.63, 3.8) is 0 Å². The number of para-hydroxylation sites is 1. The minimum Gasteiger partial charge on any atom is -0.302 e. The lowest BCUT2D eigenvalue weighted by atomic mass is 9.96. The van der Waals surface area contributed by atoms with Gasteiger partial charge in [0.25, 0.3) is 0 Å². The van der Waals surface area contributed by atoms with Gasteiger partial charge in [0, 0.05) is 31.9 Å². The van der Waals surface area contributed by atoms with Gasteiger partial charge in [-0.2, -0.15) is 5.10 Å². The number of carbonyl (C=O) groups excluding carboxylic acids is 1. The number of rotatable bonds is 6. The van der Waals surface area contributed by atoms with Gasteiger partial charge in [0.2, 0.25) is 0 Å². The number of Topliss-reactive ketones (excluding diaryl/α,β-unsaturated/α-hetero) is 1. The monoisotopic (exact) mass is 373 g/mol. The van der Waals surface area contributed by atoms with Gasteiger partial charge in [0.1, 0.15) is 5.69 Å². The molecule has 0 amide bonds. The highest BCUT2D eigenvalue weighted by molar-refractivity contribution is 6.06. The number of aryl methyl sites for hydroxylation is 1. The third-order valence-electron chi connectivity index (χ3n) is 5.58. The molecule has 1 fully saturated rings. The van der Waals surface area contributed by atoms with Crippen LogP contribution in [0.15, 0.2) is 60.7 Å². The number of carbonyl (C=O) groups is 1. The molecular formula is C24H27N3O. The van der Waals surface area contributed by atoms with E-state index in [0.29, 0.717) is 18.0 Å². The SMILES string of the molecule is Cn1nc(C(=O)CCN2CCCC(C=Cc3ccccc3)C2)c2ccccc21. The third kappa shape index (κ3) is 4.23. The van der Waals surface area contributed by atoms with Crippen molar-refractivity contribution in [2.24, 2.45) is 13.0 Å². The molecule has 0 radical (unpaired) electrons. The van der Waals surface area contributed by atoms with Crippen molar-refractivity contribution in [3.05, 3.63) is 71.9 Å². The summed E-state index contributed by atoms with van der Waals surface area (Å²) in [5, 5.41) is 5.42. The van der Waals surface area contributed by atoms with Crippen molar-refractivity contribution in [1.29, 1.82) is 0 Å². The average molecular weight is 374 g/mol. The van der Waals surface area contributed by atoms with Crippen molar-refractivity contribution in [2.75, 3.05) is 19.6 Å². The summed E-state index contributed by atoms with van der Waals surface area (Å²) < 4.78 is 1.80. The van der Waals surface area contributed by atoms with Crippen LogP contribution in [0.4, 0.5) is 0 Å². The van der Waals surface area contributed by atoms with Crippen molar-refractivity contribution in [3.8, 4) is 0 Å². The number of hydrogen-bond donors (Lipinski definition) is 0. The summed E-state index contributed by atoms with van der Waals surface area (Å²) in [4.78, 5) is 15.2. The summed E-state index contributed by atoms with van der Waals surface area (Å²) in [6.45, 7) is 2.91. The molecule has 2 aromatic carbocycles. The molecule has 0 saturated carbocycles. The van der Waals surface area contributed by atoms with Crippen molar-refractivity contribution in [1.82, 2.24) is 14.7 Å². The molecule has 1 atom stereocenters. The van der Waals surface area contributed by atoms with Crippen LogP contribution in [0.1, 0.15) is 35.3 Å². The largest absolute Gasteiger partial charge is 0.302 e. The molecule has 4 nitrogen and oxygen atoms in total. The van der Waals surface area contributed by atoms with Crippen LogP contribution < -0.4 is 0 Å². The van der Waals surface area contributed by atoms with Gasteiger partial charge in [-0.05, 0) is 36.9 Å². The number of aromatic nitrogens is 2. The Morgan fingerprint density at radius 1 is 1.14 bits per heavy atom. The molecule has 1 aliphatic heterocycles. The number of benzene rings is 2. The second kappa shape index (κ2) is 8.53. The van der Waals surface area contributed by atoms with E-state index in [-0.39, 0.29) is 5.78 Å². The van der Waals surface area contributed by atoms with Gasteiger partial charge in [-0.3, -0.25) is 9.48 Å². The van der Waals surface area contributed by atoms with E-state index >= 15 is 0 Å². The van der Waals surface area contributed by atoms with E-state index in [1.807, 2.05) is 37.4 Å². The molecule has 4 heteroatoms. The molecule has 2 heterocycles. The first-order valence-electron chi connectivity index (χ1n) is 10.1. The summed E-state index contributed by atoms with van der Waals surface area (Å²) in [5.74, 6) is 0.693. The number of hydrogen-bond acceptors (Lipinski definition) is 3. The Balaban J connectivity index is 1.35. The van der Waals surface area contributed by atoms with E-state index in [1.165, 1.54) is 18.4 Å². The highest BCUT2D eigenvalue weighted by Gasteiger charge is 2.20. The molecule has 144 valence electrons. The normalized spacial score (nSPS) is 18.1. The summed E-state index contributed by atoms with van der Waals surface area (Å²) in [6.07, 6.45) is 7.48. The Labute approximate surface area is 166 Å². The first-order valence-corrected chi connectivity index (χ1v) is 10.1. The van der Waals surface area contributed by atoms with E-state index < -0.39 is 0 Å². The third-order valence-corrected chi connectivity index (χ3v) is 5.58. The zero-order valence-corrected chi connectivity index (χ0v) is 16.4. The number of fused-ring (bicyclic) bond motifs is 1. The van der Waals surface area contributed by atoms with E-state index in [9.17, 15) is 4.79 Å². The highest BCUT2D eigenvalue weighted by atomic mass is 16.1. The molecule has 4 rings (SSSR count). The van der Waals surface area contributed by atoms with Crippen LogP contribution in [0.3, 0.4) is 0 Å². The van der Waals surface area contributed by atoms with E-state index in [4.69, 9.17) is 0 Å². The summed E-state index contributed by atoms with van der Waals surface area (Å²) in [5.41, 5.74) is 2.86. The van der Waals surface area contributed by atoms with Crippen molar-refractivity contribution in [2.45, 2.75) is 19.3 Å². The van der Waals surface area contributed by atoms with Gasteiger partial charge in [0.15, 0.2) is 5.78 Å². The number of nitrogens with zero attached hydrogens (tertiary/aromatic N) is 3. The Kier molecular flexibility index (Phi) is 5.68. The first kappa shape index (κ1) is 18.6. The first-order chi connectivity index (χ1) is 13.7. The standard InChI is InChI=1S/C24H27N3O/c1-26-22-12-6-5-11-21(22)24(25-26)23(28)15-17-27-16-7-10-20(18-27)14-13-19-8-3-2-4-9-19/h2-6,8-9,11-14,20H,7,10,15-18H2,1H3. The predicted octanol–water partition coefficient (Wildman–Crippen LogP) is 4.57. The smallest absolute Gasteiger partial charge is 0.184 e. The number of piperidine rings is 1. The zero-order chi connectivity index (χ0) is 19.3. The zero-order valence-electron chi connectivity index (χ0n) is 16.4. The Bertz CT molecular complexity index is 974. The predicted molar refractivity (Wildman–Crippen MR) is 114 cm³/mol.